The van der Waals surface area contributed by atoms with E-state index in [1.165, 1.54) is 18.9 Å². The Hall–Kier alpha value is -1.58. The molecule has 4 nitrogen and oxygen atoms in total. The lowest BCUT2D eigenvalue weighted by atomic mass is 10.2. The fraction of sp³-hybridized carbons (Fsp3) is 0.625. The molecule has 0 spiro atoms. The van der Waals surface area contributed by atoms with Gasteiger partial charge >= 0.3 is 11.9 Å². The van der Waals surface area contributed by atoms with Gasteiger partial charge in [0.25, 0.3) is 0 Å². The van der Waals surface area contributed by atoms with Gasteiger partial charge in [-0.3, -0.25) is 4.79 Å². The molecule has 0 aromatic rings. The highest BCUT2D eigenvalue weighted by Crippen LogP contribution is 1.99. The molecule has 0 fully saturated rings. The minimum absolute atomic E-state index is 0.156. The Morgan fingerprint density at radius 3 is 1.95 bits per heavy atom. The second-order valence-corrected chi connectivity index (χ2v) is 4.45. The quantitative estimate of drug-likeness (QED) is 0.354. The molecule has 0 radical (unpaired) electrons. The van der Waals surface area contributed by atoms with Gasteiger partial charge in [0.15, 0.2) is 0 Å². The largest absolute Gasteiger partial charge is 0.481 e. The molecule has 0 heterocycles. The van der Waals surface area contributed by atoms with Crippen molar-refractivity contribution >= 4 is 11.9 Å². The highest BCUT2D eigenvalue weighted by molar-refractivity contribution is 5.79. The Labute approximate surface area is 122 Å². The number of aliphatic carboxylic acids is 2. The summed E-state index contributed by atoms with van der Waals surface area (Å²) in [6.45, 7) is 4.24. The first-order chi connectivity index (χ1) is 9.54. The Balaban J connectivity index is 0. The Morgan fingerprint density at radius 1 is 0.850 bits per heavy atom. The lowest BCUT2D eigenvalue weighted by molar-refractivity contribution is -0.136. The van der Waals surface area contributed by atoms with Gasteiger partial charge in [-0.25, -0.2) is 4.79 Å². The van der Waals surface area contributed by atoms with Crippen molar-refractivity contribution in [3.8, 4) is 0 Å². The summed E-state index contributed by atoms with van der Waals surface area (Å²) in [4.78, 5) is 19.9. The average molecular weight is 284 g/mol. The summed E-state index contributed by atoms with van der Waals surface area (Å²) in [5.41, 5.74) is 0. The third kappa shape index (κ3) is 25.3. The molecule has 0 atom stereocenters. The van der Waals surface area contributed by atoms with Gasteiger partial charge in [0, 0.05) is 6.08 Å². The summed E-state index contributed by atoms with van der Waals surface area (Å²) < 4.78 is 0. The second kappa shape index (κ2) is 17.4. The van der Waals surface area contributed by atoms with Crippen LogP contribution in [0.15, 0.2) is 24.3 Å². The highest BCUT2D eigenvalue weighted by Gasteiger charge is 1.87. The van der Waals surface area contributed by atoms with Crippen molar-refractivity contribution in [3.05, 3.63) is 24.3 Å². The maximum atomic E-state index is 9.98. The maximum absolute atomic E-state index is 9.98. The van der Waals surface area contributed by atoms with E-state index in [-0.39, 0.29) is 6.42 Å². The van der Waals surface area contributed by atoms with Crippen LogP contribution >= 0.6 is 0 Å². The zero-order chi connectivity index (χ0) is 15.6. The van der Waals surface area contributed by atoms with Crippen LogP contribution in [0.1, 0.15) is 65.2 Å². The molecule has 0 bridgehead atoms. The van der Waals surface area contributed by atoms with E-state index in [2.05, 4.69) is 13.8 Å². The minimum Gasteiger partial charge on any atom is -0.481 e. The third-order valence-electron chi connectivity index (χ3n) is 2.42. The van der Waals surface area contributed by atoms with Gasteiger partial charge in [0.05, 0.1) is 6.42 Å². The predicted octanol–water partition coefficient (Wildman–Crippen LogP) is 4.42. The molecule has 0 aliphatic rings. The fourth-order valence-corrected chi connectivity index (χ4v) is 1.32. The SMILES string of the molecule is CCCC/C=C/CC(=O)O.CCCCC/C=C/C(=O)O. The number of unbranched alkanes of at least 4 members (excludes halogenated alkanes) is 5. The van der Waals surface area contributed by atoms with Gasteiger partial charge in [0.2, 0.25) is 0 Å². The highest BCUT2D eigenvalue weighted by atomic mass is 16.4. The zero-order valence-corrected chi connectivity index (χ0v) is 12.7. The summed E-state index contributed by atoms with van der Waals surface area (Å²) in [7, 11) is 0. The molecule has 20 heavy (non-hydrogen) atoms. The van der Waals surface area contributed by atoms with Crippen molar-refractivity contribution < 1.29 is 19.8 Å². The van der Waals surface area contributed by atoms with Gasteiger partial charge in [-0.15, -0.1) is 0 Å². The van der Waals surface area contributed by atoms with Crippen LogP contribution in [0.25, 0.3) is 0 Å². The van der Waals surface area contributed by atoms with Crippen molar-refractivity contribution in [2.45, 2.75) is 65.2 Å². The maximum Gasteiger partial charge on any atom is 0.327 e. The number of rotatable bonds is 10. The van der Waals surface area contributed by atoms with Crippen molar-refractivity contribution in [2.75, 3.05) is 0 Å². The molecule has 0 rings (SSSR count). The smallest absolute Gasteiger partial charge is 0.327 e. The minimum atomic E-state index is -0.850. The fourth-order valence-electron chi connectivity index (χ4n) is 1.32. The summed E-state index contributed by atoms with van der Waals surface area (Å²) in [5, 5.41) is 16.4. The standard InChI is InChI=1S/2C8H14O2/c2*1-2-3-4-5-6-7-8(9)10/h6-7H,2-5H2,1H3,(H,9,10);5-6H,2-4,7H2,1H3,(H,9,10)/b7-6+;6-5+. The van der Waals surface area contributed by atoms with Crippen LogP contribution in [0.5, 0.6) is 0 Å². The van der Waals surface area contributed by atoms with E-state index in [0.29, 0.717) is 0 Å². The third-order valence-corrected chi connectivity index (χ3v) is 2.42. The van der Waals surface area contributed by atoms with Gasteiger partial charge in [-0.1, -0.05) is 57.8 Å². The van der Waals surface area contributed by atoms with Crippen LogP contribution in [0, 0.1) is 0 Å². The predicted molar refractivity (Wildman–Crippen MR) is 81.8 cm³/mol. The number of carbonyl (C=O) groups is 2. The Morgan fingerprint density at radius 2 is 1.45 bits per heavy atom. The van der Waals surface area contributed by atoms with Crippen molar-refractivity contribution in [3.63, 3.8) is 0 Å². The Kier molecular flexibility index (Phi) is 18.1. The molecule has 0 aromatic heterocycles. The summed E-state index contributed by atoms with van der Waals surface area (Å²) >= 11 is 0. The molecule has 0 saturated heterocycles. The number of carboxylic acid groups (broad SMARTS) is 2. The topological polar surface area (TPSA) is 74.6 Å². The molecule has 0 amide bonds. The lowest BCUT2D eigenvalue weighted by Gasteiger charge is -1.89. The molecule has 0 unspecified atom stereocenters. The first kappa shape index (κ1) is 20.7. The van der Waals surface area contributed by atoms with Crippen LogP contribution in [0.4, 0.5) is 0 Å². The number of hydrogen-bond acceptors (Lipinski definition) is 2. The van der Waals surface area contributed by atoms with Crippen LogP contribution < -0.4 is 0 Å². The summed E-state index contributed by atoms with van der Waals surface area (Å²) in [6, 6.07) is 0. The van der Waals surface area contributed by atoms with E-state index < -0.39 is 11.9 Å². The molecule has 0 aromatic carbocycles. The van der Waals surface area contributed by atoms with Crippen LogP contribution in [-0.4, -0.2) is 22.2 Å². The van der Waals surface area contributed by atoms with Gasteiger partial charge in [-0.2, -0.15) is 0 Å². The van der Waals surface area contributed by atoms with E-state index in [9.17, 15) is 9.59 Å². The van der Waals surface area contributed by atoms with E-state index in [1.54, 1.807) is 12.2 Å². The number of carboxylic acids is 2. The van der Waals surface area contributed by atoms with Gasteiger partial charge < -0.3 is 10.2 Å². The zero-order valence-electron chi connectivity index (χ0n) is 12.7. The molecular formula is C16H28O4. The molecule has 2 N–H and O–H groups in total. The van der Waals surface area contributed by atoms with Crippen molar-refractivity contribution in [2.24, 2.45) is 0 Å². The Bertz CT molecular complexity index is 293. The van der Waals surface area contributed by atoms with Gasteiger partial charge in [0.1, 0.15) is 0 Å². The van der Waals surface area contributed by atoms with Crippen molar-refractivity contribution in [1.82, 2.24) is 0 Å². The second-order valence-electron chi connectivity index (χ2n) is 4.45. The molecule has 4 heteroatoms. The first-order valence-electron chi connectivity index (χ1n) is 7.30. The van der Waals surface area contributed by atoms with E-state index in [0.717, 1.165) is 32.1 Å². The molecule has 0 aliphatic heterocycles. The van der Waals surface area contributed by atoms with Crippen LogP contribution in [0.2, 0.25) is 0 Å². The lowest BCUT2D eigenvalue weighted by Crippen LogP contribution is -1.89. The molecule has 0 aliphatic carbocycles. The number of hydrogen-bond donors (Lipinski definition) is 2. The first-order valence-corrected chi connectivity index (χ1v) is 7.30. The normalized spacial score (nSPS) is 10.5. The van der Waals surface area contributed by atoms with Gasteiger partial charge in [-0.05, 0) is 19.3 Å². The van der Waals surface area contributed by atoms with E-state index in [1.807, 2.05) is 6.08 Å². The molecule has 0 saturated carbocycles. The summed E-state index contributed by atoms with van der Waals surface area (Å²) in [5.74, 6) is -1.61. The van der Waals surface area contributed by atoms with Crippen LogP contribution in [0.3, 0.4) is 0 Å². The average Bonchev–Trinajstić information content (AvgIpc) is 2.38. The monoisotopic (exact) mass is 284 g/mol. The van der Waals surface area contributed by atoms with Crippen molar-refractivity contribution in [1.29, 1.82) is 0 Å². The van der Waals surface area contributed by atoms with Crippen LogP contribution in [-0.2, 0) is 9.59 Å². The number of allylic oxidation sites excluding steroid dienone is 2. The molecule has 116 valence electrons. The summed E-state index contributed by atoms with van der Waals surface area (Å²) in [6.07, 6.45) is 14.4. The van der Waals surface area contributed by atoms with E-state index >= 15 is 0 Å². The molecular weight excluding hydrogens is 256 g/mol. The van der Waals surface area contributed by atoms with E-state index in [4.69, 9.17) is 10.2 Å².